The van der Waals surface area contributed by atoms with Crippen molar-refractivity contribution in [3.05, 3.63) is 42.0 Å². The summed E-state index contributed by atoms with van der Waals surface area (Å²) in [5.74, 6) is 0. The SMILES string of the molecule is CN(C/C=C/c1ccccc1)C1CC2CCC(C1)N2.Cl. The zero-order chi connectivity index (χ0) is 13.1. The van der Waals surface area contributed by atoms with Crippen LogP contribution < -0.4 is 5.32 Å². The second kappa shape index (κ2) is 7.26. The van der Waals surface area contributed by atoms with E-state index < -0.39 is 0 Å². The van der Waals surface area contributed by atoms with Gasteiger partial charge in [-0.15, -0.1) is 12.4 Å². The summed E-state index contributed by atoms with van der Waals surface area (Å²) in [6.45, 7) is 1.05. The summed E-state index contributed by atoms with van der Waals surface area (Å²) >= 11 is 0. The number of piperidine rings is 1. The average molecular weight is 293 g/mol. The molecule has 2 nitrogen and oxygen atoms in total. The lowest BCUT2D eigenvalue weighted by atomic mass is 9.98. The predicted molar refractivity (Wildman–Crippen MR) is 88.3 cm³/mol. The molecule has 3 heteroatoms. The molecule has 2 aliphatic rings. The normalized spacial score (nSPS) is 28.8. The maximum absolute atomic E-state index is 3.71. The first-order valence-electron chi connectivity index (χ1n) is 7.49. The molecular formula is C17H25ClN2. The molecular weight excluding hydrogens is 268 g/mol. The summed E-state index contributed by atoms with van der Waals surface area (Å²) in [6.07, 6.45) is 9.94. The minimum atomic E-state index is 0. The Morgan fingerprint density at radius 3 is 2.45 bits per heavy atom. The van der Waals surface area contributed by atoms with Crippen molar-refractivity contribution in [3.8, 4) is 0 Å². The number of hydrogen-bond donors (Lipinski definition) is 1. The summed E-state index contributed by atoms with van der Waals surface area (Å²) in [6, 6.07) is 12.9. The lowest BCUT2D eigenvalue weighted by Gasteiger charge is -2.35. The van der Waals surface area contributed by atoms with Crippen LogP contribution in [0, 0.1) is 0 Å². The molecule has 0 saturated carbocycles. The van der Waals surface area contributed by atoms with Crippen LogP contribution in [0.2, 0.25) is 0 Å². The van der Waals surface area contributed by atoms with E-state index in [1.54, 1.807) is 0 Å². The van der Waals surface area contributed by atoms with E-state index in [9.17, 15) is 0 Å². The Balaban J connectivity index is 0.00000147. The van der Waals surface area contributed by atoms with Crippen molar-refractivity contribution in [2.24, 2.45) is 0 Å². The Bertz CT molecular complexity index is 420. The fourth-order valence-electron chi connectivity index (χ4n) is 3.46. The summed E-state index contributed by atoms with van der Waals surface area (Å²) in [4.78, 5) is 2.52. The second-order valence-electron chi connectivity index (χ2n) is 6.02. The number of halogens is 1. The van der Waals surface area contributed by atoms with E-state index in [1.807, 2.05) is 0 Å². The van der Waals surface area contributed by atoms with Crippen molar-refractivity contribution < 1.29 is 0 Å². The van der Waals surface area contributed by atoms with Crippen molar-refractivity contribution in [3.63, 3.8) is 0 Å². The topological polar surface area (TPSA) is 15.3 Å². The van der Waals surface area contributed by atoms with Gasteiger partial charge in [0.1, 0.15) is 0 Å². The van der Waals surface area contributed by atoms with E-state index >= 15 is 0 Å². The molecule has 110 valence electrons. The molecule has 2 bridgehead atoms. The zero-order valence-electron chi connectivity index (χ0n) is 12.2. The van der Waals surface area contributed by atoms with E-state index in [0.717, 1.165) is 24.7 Å². The molecule has 2 unspecified atom stereocenters. The molecule has 1 aromatic rings. The van der Waals surface area contributed by atoms with E-state index in [4.69, 9.17) is 0 Å². The third-order valence-corrected chi connectivity index (χ3v) is 4.57. The number of likely N-dealkylation sites (N-methyl/N-ethyl adjacent to an activating group) is 1. The molecule has 0 aromatic heterocycles. The molecule has 0 aliphatic carbocycles. The van der Waals surface area contributed by atoms with Gasteiger partial charge in [0.05, 0.1) is 0 Å². The number of nitrogens with zero attached hydrogens (tertiary/aromatic N) is 1. The summed E-state index contributed by atoms with van der Waals surface area (Å²) in [7, 11) is 2.27. The molecule has 2 aliphatic heterocycles. The molecule has 3 rings (SSSR count). The lowest BCUT2D eigenvalue weighted by Crippen LogP contribution is -2.46. The monoisotopic (exact) mass is 292 g/mol. The number of benzene rings is 1. The maximum atomic E-state index is 3.71. The van der Waals surface area contributed by atoms with Gasteiger partial charge in [-0.25, -0.2) is 0 Å². The zero-order valence-corrected chi connectivity index (χ0v) is 13.0. The molecule has 0 radical (unpaired) electrons. The van der Waals surface area contributed by atoms with Crippen LogP contribution in [0.4, 0.5) is 0 Å². The largest absolute Gasteiger partial charge is 0.311 e. The minimum Gasteiger partial charge on any atom is -0.311 e. The Morgan fingerprint density at radius 1 is 1.15 bits per heavy atom. The minimum absolute atomic E-state index is 0. The van der Waals surface area contributed by atoms with Gasteiger partial charge >= 0.3 is 0 Å². The first kappa shape index (κ1) is 15.6. The molecule has 2 heterocycles. The van der Waals surface area contributed by atoms with Gasteiger partial charge in [0.15, 0.2) is 0 Å². The van der Waals surface area contributed by atoms with Gasteiger partial charge in [0.25, 0.3) is 0 Å². The number of nitrogens with one attached hydrogen (secondary N) is 1. The average Bonchev–Trinajstić information content (AvgIpc) is 2.78. The van der Waals surface area contributed by atoms with Crippen LogP contribution in [0.3, 0.4) is 0 Å². The van der Waals surface area contributed by atoms with E-state index in [0.29, 0.717) is 0 Å². The van der Waals surface area contributed by atoms with Crippen LogP contribution >= 0.6 is 12.4 Å². The number of hydrogen-bond acceptors (Lipinski definition) is 2. The molecule has 20 heavy (non-hydrogen) atoms. The van der Waals surface area contributed by atoms with Crippen molar-refractivity contribution in [2.75, 3.05) is 13.6 Å². The van der Waals surface area contributed by atoms with Gasteiger partial charge in [-0.2, -0.15) is 0 Å². The van der Waals surface area contributed by atoms with Crippen molar-refractivity contribution in [2.45, 2.75) is 43.8 Å². The molecule has 1 N–H and O–H groups in total. The molecule has 2 saturated heterocycles. The highest BCUT2D eigenvalue weighted by Crippen LogP contribution is 2.29. The van der Waals surface area contributed by atoms with Crippen molar-refractivity contribution >= 4 is 18.5 Å². The van der Waals surface area contributed by atoms with Crippen LogP contribution in [-0.4, -0.2) is 36.6 Å². The summed E-state index contributed by atoms with van der Waals surface area (Å²) in [5, 5.41) is 3.71. The molecule has 2 fully saturated rings. The van der Waals surface area contributed by atoms with E-state index in [2.05, 4.69) is 59.7 Å². The predicted octanol–water partition coefficient (Wildman–Crippen LogP) is 3.34. The van der Waals surface area contributed by atoms with Crippen LogP contribution in [0.15, 0.2) is 36.4 Å². The first-order chi connectivity index (χ1) is 9.31. The van der Waals surface area contributed by atoms with Crippen LogP contribution in [0.1, 0.15) is 31.2 Å². The fourth-order valence-corrected chi connectivity index (χ4v) is 3.46. The third kappa shape index (κ3) is 3.85. The molecule has 0 spiro atoms. The fraction of sp³-hybridized carbons (Fsp3) is 0.529. The Hall–Kier alpha value is -0.830. The summed E-state index contributed by atoms with van der Waals surface area (Å²) in [5.41, 5.74) is 1.29. The second-order valence-corrected chi connectivity index (χ2v) is 6.02. The van der Waals surface area contributed by atoms with Gasteiger partial charge in [-0.05, 0) is 38.3 Å². The quantitative estimate of drug-likeness (QED) is 0.916. The van der Waals surface area contributed by atoms with Gasteiger partial charge in [-0.3, -0.25) is 4.90 Å². The van der Waals surface area contributed by atoms with Gasteiger partial charge in [0.2, 0.25) is 0 Å². The van der Waals surface area contributed by atoms with Crippen molar-refractivity contribution in [1.82, 2.24) is 10.2 Å². The molecule has 0 amide bonds. The highest BCUT2D eigenvalue weighted by atomic mass is 35.5. The molecule has 1 aromatic carbocycles. The Kier molecular flexibility index (Phi) is 5.64. The smallest absolute Gasteiger partial charge is 0.0166 e. The van der Waals surface area contributed by atoms with Crippen LogP contribution in [0.5, 0.6) is 0 Å². The molecule has 2 atom stereocenters. The third-order valence-electron chi connectivity index (χ3n) is 4.57. The van der Waals surface area contributed by atoms with E-state index in [-0.39, 0.29) is 12.4 Å². The lowest BCUT2D eigenvalue weighted by molar-refractivity contribution is 0.187. The first-order valence-corrected chi connectivity index (χ1v) is 7.49. The highest BCUT2D eigenvalue weighted by molar-refractivity contribution is 5.85. The maximum Gasteiger partial charge on any atom is 0.0166 e. The number of rotatable bonds is 4. The van der Waals surface area contributed by atoms with Gasteiger partial charge in [-0.1, -0.05) is 42.5 Å². The van der Waals surface area contributed by atoms with Gasteiger partial charge < -0.3 is 5.32 Å². The number of fused-ring (bicyclic) bond motifs is 2. The highest BCUT2D eigenvalue weighted by Gasteiger charge is 2.34. The Labute approximate surface area is 128 Å². The van der Waals surface area contributed by atoms with Crippen LogP contribution in [0.25, 0.3) is 6.08 Å². The van der Waals surface area contributed by atoms with Crippen molar-refractivity contribution in [1.29, 1.82) is 0 Å². The standard InChI is InChI=1S/C17H24N2.ClH/c1-19(11-5-8-14-6-3-2-4-7-14)17-12-15-9-10-16(13-17)18-15;/h2-8,15-18H,9-13H2,1H3;1H/b8-5+;. The van der Waals surface area contributed by atoms with Gasteiger partial charge in [0, 0.05) is 24.7 Å². The van der Waals surface area contributed by atoms with Crippen LogP contribution in [-0.2, 0) is 0 Å². The summed E-state index contributed by atoms with van der Waals surface area (Å²) < 4.78 is 0. The van der Waals surface area contributed by atoms with E-state index in [1.165, 1.54) is 31.2 Å². The Morgan fingerprint density at radius 2 is 1.80 bits per heavy atom.